The van der Waals surface area contributed by atoms with Gasteiger partial charge in [-0.25, -0.2) is 4.79 Å². The third-order valence-electron chi connectivity index (χ3n) is 2.88. The number of nitrogens with zero attached hydrogens (tertiary/aromatic N) is 2. The summed E-state index contributed by atoms with van der Waals surface area (Å²) >= 11 is 0. The Hall–Kier alpha value is -0.770. The molecule has 2 aliphatic heterocycles. The Morgan fingerprint density at radius 2 is 2.00 bits per heavy atom. The number of ether oxygens (including phenoxy) is 1. The van der Waals surface area contributed by atoms with Crippen LogP contribution >= 0.6 is 0 Å². The molecule has 15 heavy (non-hydrogen) atoms. The quantitative estimate of drug-likeness (QED) is 0.664. The van der Waals surface area contributed by atoms with Gasteiger partial charge in [-0.05, 0) is 13.8 Å². The summed E-state index contributed by atoms with van der Waals surface area (Å²) in [5, 5.41) is 0. The summed E-state index contributed by atoms with van der Waals surface area (Å²) in [7, 11) is 0. The second-order valence-corrected chi connectivity index (χ2v) is 4.01. The van der Waals surface area contributed by atoms with Crippen molar-refractivity contribution in [2.24, 2.45) is 0 Å². The first-order valence-electron chi connectivity index (χ1n) is 5.86. The van der Waals surface area contributed by atoms with Crippen LogP contribution in [0, 0.1) is 0 Å². The van der Waals surface area contributed by atoms with Crippen LogP contribution in [-0.2, 0) is 4.74 Å². The number of cyclic esters (lactones) is 1. The van der Waals surface area contributed by atoms with Gasteiger partial charge < -0.3 is 4.74 Å². The summed E-state index contributed by atoms with van der Waals surface area (Å²) in [6, 6.07) is 0.863. The second kappa shape index (κ2) is 5.35. The van der Waals surface area contributed by atoms with E-state index < -0.39 is 0 Å². The molecule has 1 atom stereocenters. The first-order chi connectivity index (χ1) is 7.18. The van der Waals surface area contributed by atoms with Crippen molar-refractivity contribution >= 4 is 6.09 Å². The minimum atomic E-state index is -0.131. The van der Waals surface area contributed by atoms with Crippen molar-refractivity contribution in [3.05, 3.63) is 0 Å². The first-order valence-corrected chi connectivity index (χ1v) is 5.86. The third-order valence-corrected chi connectivity index (χ3v) is 2.88. The zero-order chi connectivity index (χ0) is 11.4. The van der Waals surface area contributed by atoms with Gasteiger partial charge in [0.15, 0.2) is 0 Å². The predicted octanol–water partition coefficient (Wildman–Crippen LogP) is 1.56. The van der Waals surface area contributed by atoms with Gasteiger partial charge in [0.25, 0.3) is 0 Å². The summed E-state index contributed by atoms with van der Waals surface area (Å²) < 4.78 is 4.99. The van der Waals surface area contributed by atoms with E-state index in [9.17, 15) is 4.79 Å². The van der Waals surface area contributed by atoms with Crippen molar-refractivity contribution in [2.75, 3.05) is 26.2 Å². The van der Waals surface area contributed by atoms with Gasteiger partial charge in [0.2, 0.25) is 0 Å². The molecule has 2 heterocycles. The molecule has 0 aromatic heterocycles. The maximum absolute atomic E-state index is 11.2. The number of amides is 1. The SMILES string of the molecule is CC.CC(C)N1CCN2C(=O)OCC2C1. The smallest absolute Gasteiger partial charge is 0.410 e. The molecule has 2 rings (SSSR count). The average molecular weight is 214 g/mol. The van der Waals surface area contributed by atoms with Gasteiger partial charge in [0.1, 0.15) is 6.61 Å². The largest absolute Gasteiger partial charge is 0.447 e. The molecular formula is C11H22N2O2. The highest BCUT2D eigenvalue weighted by Gasteiger charge is 2.37. The Balaban J connectivity index is 0.000000531. The molecule has 0 aliphatic carbocycles. The van der Waals surface area contributed by atoms with Crippen LogP contribution in [0.5, 0.6) is 0 Å². The fraction of sp³-hybridized carbons (Fsp3) is 0.909. The number of rotatable bonds is 1. The van der Waals surface area contributed by atoms with Crippen LogP contribution in [-0.4, -0.2) is 54.2 Å². The van der Waals surface area contributed by atoms with Crippen LogP contribution in [0.25, 0.3) is 0 Å². The monoisotopic (exact) mass is 214 g/mol. The fourth-order valence-electron chi connectivity index (χ4n) is 1.98. The lowest BCUT2D eigenvalue weighted by Crippen LogP contribution is -2.53. The number of hydrogen-bond donors (Lipinski definition) is 0. The van der Waals surface area contributed by atoms with Crippen LogP contribution in [0.3, 0.4) is 0 Å². The average Bonchev–Trinajstić information content (AvgIpc) is 2.63. The van der Waals surface area contributed by atoms with Crippen LogP contribution in [0.2, 0.25) is 0 Å². The summed E-state index contributed by atoms with van der Waals surface area (Å²) in [5.41, 5.74) is 0. The summed E-state index contributed by atoms with van der Waals surface area (Å²) in [5.74, 6) is 0. The lowest BCUT2D eigenvalue weighted by atomic mass is 10.1. The summed E-state index contributed by atoms with van der Waals surface area (Å²) in [6.07, 6.45) is -0.131. The maximum atomic E-state index is 11.2. The van der Waals surface area contributed by atoms with Crippen molar-refractivity contribution in [2.45, 2.75) is 39.8 Å². The Morgan fingerprint density at radius 3 is 2.60 bits per heavy atom. The number of piperazine rings is 1. The van der Waals surface area contributed by atoms with Gasteiger partial charge in [-0.3, -0.25) is 9.80 Å². The lowest BCUT2D eigenvalue weighted by Gasteiger charge is -2.37. The highest BCUT2D eigenvalue weighted by Crippen LogP contribution is 2.18. The first kappa shape index (κ1) is 12.3. The molecule has 0 aromatic carbocycles. The minimum Gasteiger partial charge on any atom is -0.447 e. The molecule has 0 radical (unpaired) electrons. The number of carbonyl (C=O) groups excluding carboxylic acids is 1. The molecule has 0 spiro atoms. The molecule has 2 saturated heterocycles. The van der Waals surface area contributed by atoms with E-state index in [0.717, 1.165) is 19.6 Å². The summed E-state index contributed by atoms with van der Waals surface area (Å²) in [4.78, 5) is 15.4. The van der Waals surface area contributed by atoms with E-state index in [-0.39, 0.29) is 6.09 Å². The van der Waals surface area contributed by atoms with Crippen LogP contribution < -0.4 is 0 Å². The van der Waals surface area contributed by atoms with Crippen molar-refractivity contribution in [1.82, 2.24) is 9.80 Å². The highest BCUT2D eigenvalue weighted by molar-refractivity contribution is 5.70. The molecule has 88 valence electrons. The van der Waals surface area contributed by atoms with E-state index >= 15 is 0 Å². The van der Waals surface area contributed by atoms with E-state index in [2.05, 4.69) is 18.7 Å². The standard InChI is InChI=1S/C9H16N2O2.C2H6/c1-7(2)10-3-4-11-8(5-10)6-13-9(11)12;1-2/h7-8H,3-6H2,1-2H3;1-2H3. The molecule has 1 unspecified atom stereocenters. The molecule has 2 aliphatic rings. The Morgan fingerprint density at radius 1 is 1.33 bits per heavy atom. The highest BCUT2D eigenvalue weighted by atomic mass is 16.6. The molecule has 4 nitrogen and oxygen atoms in total. The molecule has 2 fully saturated rings. The molecule has 0 aromatic rings. The van der Waals surface area contributed by atoms with E-state index in [0.29, 0.717) is 18.7 Å². The van der Waals surface area contributed by atoms with Crippen molar-refractivity contribution in [3.63, 3.8) is 0 Å². The van der Waals surface area contributed by atoms with Gasteiger partial charge in [0.05, 0.1) is 6.04 Å². The van der Waals surface area contributed by atoms with Gasteiger partial charge >= 0.3 is 6.09 Å². The Labute approximate surface area is 92.2 Å². The molecule has 0 N–H and O–H groups in total. The second-order valence-electron chi connectivity index (χ2n) is 4.01. The van der Waals surface area contributed by atoms with Gasteiger partial charge in [-0.2, -0.15) is 0 Å². The maximum Gasteiger partial charge on any atom is 0.410 e. The van der Waals surface area contributed by atoms with Gasteiger partial charge in [-0.15, -0.1) is 0 Å². The third kappa shape index (κ3) is 2.62. The zero-order valence-corrected chi connectivity index (χ0v) is 10.2. The molecule has 1 amide bonds. The number of carbonyl (C=O) groups is 1. The molecule has 0 saturated carbocycles. The summed E-state index contributed by atoms with van der Waals surface area (Å²) in [6.45, 7) is 11.7. The van der Waals surface area contributed by atoms with Gasteiger partial charge in [-0.1, -0.05) is 13.8 Å². The molecule has 0 bridgehead atoms. The topological polar surface area (TPSA) is 32.8 Å². The number of hydrogen-bond acceptors (Lipinski definition) is 3. The van der Waals surface area contributed by atoms with E-state index in [1.165, 1.54) is 0 Å². The van der Waals surface area contributed by atoms with Crippen LogP contribution in [0.4, 0.5) is 4.79 Å². The van der Waals surface area contributed by atoms with Crippen LogP contribution in [0.1, 0.15) is 27.7 Å². The molecule has 4 heteroatoms. The van der Waals surface area contributed by atoms with Crippen molar-refractivity contribution in [3.8, 4) is 0 Å². The normalized spacial score (nSPS) is 25.8. The fourth-order valence-corrected chi connectivity index (χ4v) is 1.98. The van der Waals surface area contributed by atoms with E-state index in [1.54, 1.807) is 0 Å². The predicted molar refractivity (Wildman–Crippen MR) is 59.9 cm³/mol. The van der Waals surface area contributed by atoms with Crippen molar-refractivity contribution < 1.29 is 9.53 Å². The van der Waals surface area contributed by atoms with Crippen molar-refractivity contribution in [1.29, 1.82) is 0 Å². The lowest BCUT2D eigenvalue weighted by molar-refractivity contribution is 0.0994. The number of fused-ring (bicyclic) bond motifs is 1. The zero-order valence-electron chi connectivity index (χ0n) is 10.2. The van der Waals surface area contributed by atoms with Crippen LogP contribution in [0.15, 0.2) is 0 Å². The molecular weight excluding hydrogens is 192 g/mol. The Bertz CT molecular complexity index is 219. The minimum absolute atomic E-state index is 0.131. The van der Waals surface area contributed by atoms with E-state index in [4.69, 9.17) is 4.74 Å². The Kier molecular flexibility index (Phi) is 4.39. The van der Waals surface area contributed by atoms with Gasteiger partial charge in [0, 0.05) is 25.7 Å². The van der Waals surface area contributed by atoms with E-state index in [1.807, 2.05) is 18.7 Å².